The van der Waals surface area contributed by atoms with Gasteiger partial charge < -0.3 is 19.9 Å². The van der Waals surface area contributed by atoms with Crippen molar-refractivity contribution in [2.75, 3.05) is 32.2 Å². The number of benzene rings is 2. The fourth-order valence-electron chi connectivity index (χ4n) is 3.79. The van der Waals surface area contributed by atoms with E-state index in [0.29, 0.717) is 18.4 Å². The molecule has 7 nitrogen and oxygen atoms in total. The van der Waals surface area contributed by atoms with Crippen molar-refractivity contribution >= 4 is 5.69 Å². The number of fused-ring (bicyclic) bond motifs is 1. The van der Waals surface area contributed by atoms with E-state index in [0.717, 1.165) is 43.4 Å². The second-order valence-corrected chi connectivity index (χ2v) is 7.40. The van der Waals surface area contributed by atoms with Gasteiger partial charge in [0.25, 0.3) is 0 Å². The molecule has 1 aromatic heterocycles. The van der Waals surface area contributed by atoms with Crippen molar-refractivity contribution in [2.24, 2.45) is 0 Å². The average Bonchev–Trinajstić information content (AvgIpc) is 3.24. The summed E-state index contributed by atoms with van der Waals surface area (Å²) in [5, 5.41) is 4.64. The standard InChI is InChI=1S/C23H23N4O3/c24-18-4-8-23(26-12-18)30-19-5-2-17(3-6-19)20-13-25-9-10-27(20)14-16-1-7-21-22(11-16)29-15-28-21/h1-8,11-12,20H,9-10,13-15,24H2. The van der Waals surface area contributed by atoms with Gasteiger partial charge in [-0.3, -0.25) is 4.90 Å². The maximum atomic E-state index is 5.81. The largest absolute Gasteiger partial charge is 0.454 e. The van der Waals surface area contributed by atoms with Crippen molar-refractivity contribution in [2.45, 2.75) is 12.6 Å². The van der Waals surface area contributed by atoms with Gasteiger partial charge in [-0.05, 0) is 41.5 Å². The van der Waals surface area contributed by atoms with Crippen molar-refractivity contribution < 1.29 is 14.2 Å². The van der Waals surface area contributed by atoms with Gasteiger partial charge in [-0.25, -0.2) is 10.3 Å². The van der Waals surface area contributed by atoms with E-state index in [-0.39, 0.29) is 6.04 Å². The van der Waals surface area contributed by atoms with E-state index in [9.17, 15) is 0 Å². The van der Waals surface area contributed by atoms with Gasteiger partial charge in [-0.15, -0.1) is 0 Å². The van der Waals surface area contributed by atoms with Gasteiger partial charge in [0, 0.05) is 38.3 Å². The van der Waals surface area contributed by atoms with Crippen LogP contribution in [0.2, 0.25) is 0 Å². The lowest BCUT2D eigenvalue weighted by Crippen LogP contribution is -2.42. The summed E-state index contributed by atoms with van der Waals surface area (Å²) in [6.45, 7) is 3.69. The summed E-state index contributed by atoms with van der Waals surface area (Å²) < 4.78 is 16.8. The molecule has 3 heterocycles. The van der Waals surface area contributed by atoms with Crippen molar-refractivity contribution in [3.8, 4) is 23.1 Å². The molecule has 1 atom stereocenters. The van der Waals surface area contributed by atoms with Crippen LogP contribution in [0, 0.1) is 0 Å². The summed E-state index contributed by atoms with van der Waals surface area (Å²) in [4.78, 5) is 6.64. The second-order valence-electron chi connectivity index (χ2n) is 7.40. The normalized spacial score (nSPS) is 18.3. The van der Waals surface area contributed by atoms with E-state index in [1.807, 2.05) is 18.2 Å². The van der Waals surface area contributed by atoms with Crippen LogP contribution in [-0.4, -0.2) is 36.3 Å². The average molecular weight is 403 g/mol. The molecule has 30 heavy (non-hydrogen) atoms. The number of ether oxygens (including phenoxy) is 3. The van der Waals surface area contributed by atoms with Gasteiger partial charge >= 0.3 is 0 Å². The van der Waals surface area contributed by atoms with Crippen molar-refractivity contribution in [1.82, 2.24) is 15.2 Å². The molecule has 153 valence electrons. The number of hydrogen-bond donors (Lipinski definition) is 1. The molecule has 7 heteroatoms. The first-order valence-electron chi connectivity index (χ1n) is 10.00. The topological polar surface area (TPSA) is 83.9 Å². The summed E-state index contributed by atoms with van der Waals surface area (Å²) >= 11 is 0. The third-order valence-electron chi connectivity index (χ3n) is 5.36. The zero-order chi connectivity index (χ0) is 20.3. The van der Waals surface area contributed by atoms with Crippen LogP contribution in [0.15, 0.2) is 60.8 Å². The lowest BCUT2D eigenvalue weighted by Gasteiger charge is -2.35. The van der Waals surface area contributed by atoms with Crippen LogP contribution in [-0.2, 0) is 6.54 Å². The van der Waals surface area contributed by atoms with Crippen molar-refractivity contribution in [1.29, 1.82) is 0 Å². The van der Waals surface area contributed by atoms with Crippen molar-refractivity contribution in [3.05, 3.63) is 71.9 Å². The Bertz CT molecular complexity index is 1010. The van der Waals surface area contributed by atoms with Gasteiger partial charge in [0.1, 0.15) is 5.75 Å². The lowest BCUT2D eigenvalue weighted by atomic mass is 10.0. The molecule has 0 spiro atoms. The molecule has 0 bridgehead atoms. The van der Waals surface area contributed by atoms with E-state index in [2.05, 4.69) is 39.5 Å². The third kappa shape index (κ3) is 4.03. The molecule has 1 saturated heterocycles. The van der Waals surface area contributed by atoms with Gasteiger partial charge in [-0.1, -0.05) is 18.2 Å². The van der Waals surface area contributed by atoms with Crippen LogP contribution in [0.3, 0.4) is 0 Å². The molecule has 0 aliphatic carbocycles. The third-order valence-corrected chi connectivity index (χ3v) is 5.36. The molecule has 0 saturated carbocycles. The Hall–Kier alpha value is -3.29. The second kappa shape index (κ2) is 8.22. The van der Waals surface area contributed by atoms with Gasteiger partial charge in [0.05, 0.1) is 11.9 Å². The summed E-state index contributed by atoms with van der Waals surface area (Å²) in [5.74, 6) is 2.90. The highest BCUT2D eigenvalue weighted by Gasteiger charge is 2.25. The first-order chi connectivity index (χ1) is 14.7. The molecule has 3 aromatic rings. The highest BCUT2D eigenvalue weighted by Crippen LogP contribution is 2.34. The Morgan fingerprint density at radius 1 is 1.03 bits per heavy atom. The number of hydrogen-bond acceptors (Lipinski definition) is 6. The van der Waals surface area contributed by atoms with E-state index >= 15 is 0 Å². The van der Waals surface area contributed by atoms with E-state index in [1.165, 1.54) is 11.1 Å². The summed E-state index contributed by atoms with van der Waals surface area (Å²) in [6.07, 6.45) is 1.58. The van der Waals surface area contributed by atoms with Crippen LogP contribution >= 0.6 is 0 Å². The Labute approximate surface area is 175 Å². The molecule has 1 radical (unpaired) electrons. The number of anilines is 1. The first-order valence-corrected chi connectivity index (χ1v) is 10.00. The first kappa shape index (κ1) is 18.7. The Morgan fingerprint density at radius 2 is 1.90 bits per heavy atom. The van der Waals surface area contributed by atoms with Crippen LogP contribution in [0.1, 0.15) is 17.2 Å². The zero-order valence-corrected chi connectivity index (χ0v) is 16.5. The molecule has 5 rings (SSSR count). The molecule has 1 unspecified atom stereocenters. The molecule has 2 aliphatic heterocycles. The van der Waals surface area contributed by atoms with Crippen LogP contribution in [0.5, 0.6) is 23.1 Å². The number of pyridine rings is 1. The van der Waals surface area contributed by atoms with E-state index < -0.39 is 0 Å². The smallest absolute Gasteiger partial charge is 0.231 e. The minimum Gasteiger partial charge on any atom is -0.454 e. The Morgan fingerprint density at radius 3 is 2.73 bits per heavy atom. The number of rotatable bonds is 5. The number of nitrogens with two attached hydrogens (primary N) is 1. The molecule has 0 amide bonds. The SMILES string of the molecule is Nc1ccc(Oc2ccc(C3C[N]CCN3Cc3ccc4c(c3)OCO4)cc2)nc1. The monoisotopic (exact) mass is 403 g/mol. The zero-order valence-electron chi connectivity index (χ0n) is 16.5. The number of nitrogens with zero attached hydrogens (tertiary/aromatic N) is 3. The highest BCUT2D eigenvalue weighted by molar-refractivity contribution is 5.44. The number of aromatic nitrogens is 1. The molecule has 2 aromatic carbocycles. The molecule has 1 fully saturated rings. The van der Waals surface area contributed by atoms with E-state index in [1.54, 1.807) is 18.3 Å². The Balaban J connectivity index is 1.29. The predicted octanol–water partition coefficient (Wildman–Crippen LogP) is 3.35. The molecule has 2 aliphatic rings. The van der Waals surface area contributed by atoms with E-state index in [4.69, 9.17) is 19.9 Å². The number of nitrogen functional groups attached to an aromatic ring is 1. The fourth-order valence-corrected chi connectivity index (χ4v) is 3.79. The summed E-state index contributed by atoms with van der Waals surface area (Å²) in [6, 6.07) is 18.1. The maximum Gasteiger partial charge on any atom is 0.231 e. The van der Waals surface area contributed by atoms with Crippen molar-refractivity contribution in [3.63, 3.8) is 0 Å². The number of piperazine rings is 1. The predicted molar refractivity (Wildman–Crippen MR) is 113 cm³/mol. The minimum atomic E-state index is 0.230. The molecular weight excluding hydrogens is 380 g/mol. The fraction of sp³-hybridized carbons (Fsp3) is 0.261. The highest BCUT2D eigenvalue weighted by atomic mass is 16.7. The molecular formula is C23H23N4O3. The van der Waals surface area contributed by atoms with Gasteiger partial charge in [0.15, 0.2) is 11.5 Å². The minimum absolute atomic E-state index is 0.230. The van der Waals surface area contributed by atoms with Gasteiger partial charge in [-0.2, -0.15) is 0 Å². The Kier molecular flexibility index (Phi) is 5.13. The van der Waals surface area contributed by atoms with Gasteiger partial charge in [0.2, 0.25) is 12.7 Å². The lowest BCUT2D eigenvalue weighted by molar-refractivity contribution is 0.151. The van der Waals surface area contributed by atoms with Crippen LogP contribution < -0.4 is 25.3 Å². The quantitative estimate of drug-likeness (QED) is 0.703. The summed E-state index contributed by atoms with van der Waals surface area (Å²) in [5.41, 5.74) is 8.71. The molecule has 2 N–H and O–H groups in total. The maximum absolute atomic E-state index is 5.81. The van der Waals surface area contributed by atoms with Crippen LogP contribution in [0.25, 0.3) is 0 Å². The summed E-state index contributed by atoms with van der Waals surface area (Å²) in [7, 11) is 0. The van der Waals surface area contributed by atoms with Crippen LogP contribution in [0.4, 0.5) is 5.69 Å².